The largest absolute Gasteiger partial charge is 0.573 e. The van der Waals surface area contributed by atoms with Crippen LogP contribution in [0.15, 0.2) is 6.07 Å². The molecule has 18 heavy (non-hydrogen) atoms. The minimum Gasteiger partial charge on any atom is -0.404 e. The summed E-state index contributed by atoms with van der Waals surface area (Å²) in [4.78, 5) is 3.44. The molecule has 0 unspecified atom stereocenters. The molecule has 0 radical (unpaired) electrons. The van der Waals surface area contributed by atoms with Crippen molar-refractivity contribution in [2.75, 3.05) is 0 Å². The van der Waals surface area contributed by atoms with Gasteiger partial charge in [0.05, 0.1) is 18.0 Å². The second-order valence-corrected chi connectivity index (χ2v) is 3.18. The lowest BCUT2D eigenvalue weighted by atomic mass is 10.1. The average Bonchev–Trinajstić information content (AvgIpc) is 2.26. The van der Waals surface area contributed by atoms with Crippen molar-refractivity contribution in [3.8, 4) is 5.75 Å². The summed E-state index contributed by atoms with van der Waals surface area (Å²) in [6.45, 7) is -1.28. The molecule has 1 heterocycles. The molecule has 0 atom stereocenters. The molecule has 0 fully saturated rings. The van der Waals surface area contributed by atoms with Crippen LogP contribution >= 0.6 is 0 Å². The predicted octanol–water partition coefficient (Wildman–Crippen LogP) is 1.87. The van der Waals surface area contributed by atoms with Crippen molar-refractivity contribution in [2.45, 2.75) is 25.9 Å². The zero-order valence-corrected chi connectivity index (χ0v) is 8.84. The van der Waals surface area contributed by atoms with Gasteiger partial charge in [-0.05, 0) is 6.07 Å². The van der Waals surface area contributed by atoms with E-state index >= 15 is 0 Å². The maximum absolute atomic E-state index is 12.5. The smallest absolute Gasteiger partial charge is 0.404 e. The molecule has 9 heteroatoms. The molecule has 0 aromatic carbocycles. The van der Waals surface area contributed by atoms with Crippen LogP contribution in [0.2, 0.25) is 0 Å². The molecular weight excluding hydrogens is 263 g/mol. The minimum atomic E-state index is -5.04. The summed E-state index contributed by atoms with van der Waals surface area (Å²) in [6.07, 6.45) is -8.12. The number of aliphatic hydroxyl groups is 1. The molecule has 0 saturated carbocycles. The Morgan fingerprint density at radius 1 is 1.33 bits per heavy atom. The lowest BCUT2D eigenvalue weighted by Crippen LogP contribution is -2.20. The second kappa shape index (κ2) is 5.44. The van der Waals surface area contributed by atoms with Gasteiger partial charge in [0, 0.05) is 12.1 Å². The number of hydrogen-bond donors (Lipinski definition) is 2. The molecule has 0 saturated heterocycles. The van der Waals surface area contributed by atoms with E-state index in [9.17, 15) is 22.0 Å². The third-order valence-electron chi connectivity index (χ3n) is 1.98. The van der Waals surface area contributed by atoms with Crippen molar-refractivity contribution in [3.05, 3.63) is 23.0 Å². The fourth-order valence-electron chi connectivity index (χ4n) is 1.27. The first kappa shape index (κ1) is 14.6. The van der Waals surface area contributed by atoms with Crippen LogP contribution in [0.5, 0.6) is 5.75 Å². The first-order valence-electron chi connectivity index (χ1n) is 4.66. The summed E-state index contributed by atoms with van der Waals surface area (Å²) in [5.41, 5.74) is 3.52. The van der Waals surface area contributed by atoms with Gasteiger partial charge in [0.15, 0.2) is 5.75 Å². The Morgan fingerprint density at radius 2 is 1.94 bits per heavy atom. The Labute approximate surface area is 98.2 Å². The molecule has 1 aromatic heterocycles. The molecule has 0 amide bonds. The highest BCUT2D eigenvalue weighted by Gasteiger charge is 2.33. The van der Waals surface area contributed by atoms with Crippen molar-refractivity contribution in [1.82, 2.24) is 4.98 Å². The first-order valence-corrected chi connectivity index (χ1v) is 4.66. The second-order valence-electron chi connectivity index (χ2n) is 3.18. The lowest BCUT2D eigenvalue weighted by molar-refractivity contribution is -0.275. The molecule has 3 N–H and O–H groups in total. The molecule has 0 bridgehead atoms. The van der Waals surface area contributed by atoms with Gasteiger partial charge in [-0.3, -0.25) is 0 Å². The molecule has 1 aromatic rings. The van der Waals surface area contributed by atoms with Gasteiger partial charge in [0.2, 0.25) is 0 Å². The van der Waals surface area contributed by atoms with E-state index in [4.69, 9.17) is 10.8 Å². The topological polar surface area (TPSA) is 68.4 Å². The summed E-state index contributed by atoms with van der Waals surface area (Å²) in [5.74, 6) is -0.891. The van der Waals surface area contributed by atoms with Crippen LogP contribution in [0.25, 0.3) is 0 Å². The van der Waals surface area contributed by atoms with Crippen LogP contribution in [0.3, 0.4) is 0 Å². The van der Waals surface area contributed by atoms with Gasteiger partial charge in [0.1, 0.15) is 0 Å². The average molecular weight is 272 g/mol. The molecule has 102 valence electrons. The fraction of sp³-hybridized carbons (Fsp3) is 0.444. The zero-order chi connectivity index (χ0) is 13.9. The molecule has 0 spiro atoms. The number of rotatable bonds is 4. The maximum Gasteiger partial charge on any atom is 0.573 e. The number of halogens is 5. The van der Waals surface area contributed by atoms with Crippen LogP contribution in [-0.4, -0.2) is 16.5 Å². The Bertz CT molecular complexity index is 422. The maximum atomic E-state index is 12.5. The van der Waals surface area contributed by atoms with Gasteiger partial charge in [-0.1, -0.05) is 0 Å². The van der Waals surface area contributed by atoms with Crippen molar-refractivity contribution in [3.63, 3.8) is 0 Å². The molecular formula is C9H9F5N2O2. The van der Waals surface area contributed by atoms with E-state index in [0.717, 1.165) is 0 Å². The van der Waals surface area contributed by atoms with Gasteiger partial charge >= 0.3 is 6.36 Å². The highest BCUT2D eigenvalue weighted by atomic mass is 19.4. The highest BCUT2D eigenvalue weighted by molar-refractivity contribution is 5.36. The van der Waals surface area contributed by atoms with E-state index in [1.807, 2.05) is 0 Å². The van der Waals surface area contributed by atoms with Crippen LogP contribution in [0, 0.1) is 0 Å². The summed E-state index contributed by atoms with van der Waals surface area (Å²) in [7, 11) is 0. The molecule has 0 aliphatic heterocycles. The van der Waals surface area contributed by atoms with Crippen molar-refractivity contribution in [2.24, 2.45) is 5.73 Å². The van der Waals surface area contributed by atoms with E-state index in [2.05, 4.69) is 9.72 Å². The number of alkyl halides is 5. The Balaban J connectivity index is 3.27. The number of nitrogens with two attached hydrogens (primary N) is 1. The van der Waals surface area contributed by atoms with E-state index < -0.39 is 42.9 Å². The van der Waals surface area contributed by atoms with Gasteiger partial charge in [-0.15, -0.1) is 13.2 Å². The molecule has 0 aliphatic rings. The predicted molar refractivity (Wildman–Crippen MR) is 49.7 cm³/mol. The Hall–Kier alpha value is -1.48. The number of ether oxygens (including phenoxy) is 1. The van der Waals surface area contributed by atoms with Crippen LogP contribution in [-0.2, 0) is 13.2 Å². The standard InChI is InChI=1S/C9H9F5N2O2/c10-8(11)4-1-7(18-9(12,13)14)5(2-15)16-6(4)3-17/h1,8,17H,2-3,15H2. The van der Waals surface area contributed by atoms with Crippen molar-refractivity contribution < 1.29 is 31.8 Å². The molecule has 1 rings (SSSR count). The summed E-state index contributed by atoms with van der Waals surface area (Å²) < 4.78 is 64.8. The summed E-state index contributed by atoms with van der Waals surface area (Å²) in [5, 5.41) is 8.81. The Kier molecular flexibility index (Phi) is 4.41. The van der Waals surface area contributed by atoms with Crippen molar-refractivity contribution in [1.29, 1.82) is 0 Å². The Morgan fingerprint density at radius 3 is 2.33 bits per heavy atom. The van der Waals surface area contributed by atoms with E-state index in [1.165, 1.54) is 0 Å². The zero-order valence-electron chi connectivity index (χ0n) is 8.84. The quantitative estimate of drug-likeness (QED) is 0.821. The van der Waals surface area contributed by atoms with E-state index in [-0.39, 0.29) is 5.69 Å². The fourth-order valence-corrected chi connectivity index (χ4v) is 1.27. The molecule has 0 aliphatic carbocycles. The van der Waals surface area contributed by atoms with Crippen molar-refractivity contribution >= 4 is 0 Å². The van der Waals surface area contributed by atoms with Gasteiger partial charge < -0.3 is 15.6 Å². The first-order chi connectivity index (χ1) is 8.28. The number of aliphatic hydroxyl groups excluding tert-OH is 1. The van der Waals surface area contributed by atoms with Crippen LogP contribution in [0.1, 0.15) is 23.4 Å². The number of pyridine rings is 1. The van der Waals surface area contributed by atoms with E-state index in [1.54, 1.807) is 0 Å². The minimum absolute atomic E-state index is 0.360. The van der Waals surface area contributed by atoms with Gasteiger partial charge in [-0.2, -0.15) is 0 Å². The summed E-state index contributed by atoms with van der Waals surface area (Å²) in [6, 6.07) is 0.485. The third kappa shape index (κ3) is 3.50. The SMILES string of the molecule is NCc1nc(CO)c(C(F)F)cc1OC(F)(F)F. The normalized spacial score (nSPS) is 12.0. The number of aromatic nitrogens is 1. The highest BCUT2D eigenvalue weighted by Crippen LogP contribution is 2.31. The monoisotopic (exact) mass is 272 g/mol. The van der Waals surface area contributed by atoms with Crippen LogP contribution < -0.4 is 10.5 Å². The third-order valence-corrected chi connectivity index (χ3v) is 1.98. The number of hydrogen-bond acceptors (Lipinski definition) is 4. The molecule has 4 nitrogen and oxygen atoms in total. The van der Waals surface area contributed by atoms with Crippen LogP contribution in [0.4, 0.5) is 22.0 Å². The number of nitrogens with zero attached hydrogens (tertiary/aromatic N) is 1. The summed E-state index contributed by atoms with van der Waals surface area (Å²) >= 11 is 0. The van der Waals surface area contributed by atoms with Gasteiger partial charge in [-0.25, -0.2) is 13.8 Å². The van der Waals surface area contributed by atoms with Gasteiger partial charge in [0.25, 0.3) is 6.43 Å². The van der Waals surface area contributed by atoms with E-state index in [0.29, 0.717) is 6.07 Å². The lowest BCUT2D eigenvalue weighted by Gasteiger charge is -2.15.